The summed E-state index contributed by atoms with van der Waals surface area (Å²) < 4.78 is 154. The first-order valence-electron chi connectivity index (χ1n) is 12.1. The third kappa shape index (κ3) is 5460. The first-order chi connectivity index (χ1) is 33.6. The van der Waals surface area contributed by atoms with Crippen molar-refractivity contribution in [3.63, 3.8) is 0 Å². The Morgan fingerprint density at radius 1 is 0.147 bits per heavy atom. The van der Waals surface area contributed by atoms with Crippen LogP contribution in [-0.2, 0) is 179 Å². The minimum Gasteiger partial charge on any atom is -0.822 e. The van der Waals surface area contributed by atoms with Crippen molar-refractivity contribution in [3.8, 4) is 0 Å². The summed E-state index contributed by atoms with van der Waals surface area (Å²) in [5, 5.41) is 0. The molecule has 0 aliphatic heterocycles. The van der Waals surface area contributed by atoms with Gasteiger partial charge in [0.2, 0.25) is 0 Å². The van der Waals surface area contributed by atoms with E-state index in [2.05, 4.69) is 0 Å². The predicted molar refractivity (Wildman–Crippen MR) is 216 cm³/mol. The molecule has 0 amide bonds. The summed E-state index contributed by atoms with van der Waals surface area (Å²) in [5.41, 5.74) is 0. The summed E-state index contributed by atoms with van der Waals surface area (Å²) in [7, 11) is -81.2. The molecule has 0 heterocycles. The monoisotopic (exact) mass is 2650 g/mol. The summed E-state index contributed by atoms with van der Waals surface area (Å²) >= 11 is 0. The largest absolute Gasteiger partial charge is 3.00 e. The second-order valence-electron chi connectivity index (χ2n) is 6.27. The van der Waals surface area contributed by atoms with Crippen LogP contribution in [0.5, 0.6) is 0 Å². The van der Waals surface area contributed by atoms with E-state index in [-0.39, 0.29) is 606 Å². The van der Waals surface area contributed by atoms with Crippen LogP contribution in [0, 0.1) is 0 Å². The minimum atomic E-state index is -5.39. The summed E-state index contributed by atoms with van der Waals surface area (Å²) in [6.45, 7) is 0. The first-order valence-corrected chi connectivity index (χ1v) is 36.3. The van der Waals surface area contributed by atoms with Crippen LogP contribution in [-0.4, -0.2) is 591 Å². The summed E-state index contributed by atoms with van der Waals surface area (Å²) in [6.07, 6.45) is 0. The Balaban J connectivity index is -0.0000000110. The van der Waals surface area contributed by atoms with Gasteiger partial charge in [-0.2, -0.15) is 70.4 Å². The Hall–Kier alpha value is 17.0. The van der Waals surface area contributed by atoms with Crippen LogP contribution < -0.4 is 218 Å². The molecule has 512 valence electrons. The van der Waals surface area contributed by atoms with E-state index in [1.165, 1.54) is 0 Å². The van der Waals surface area contributed by atoms with E-state index >= 15 is 0 Å². The van der Waals surface area contributed by atoms with E-state index in [9.17, 15) is 0 Å². The van der Waals surface area contributed by atoms with Gasteiger partial charge in [-0.1, -0.05) is 0 Å². The van der Waals surface area contributed by atoms with Gasteiger partial charge < -0.3 is 305 Å². The van der Waals surface area contributed by atoms with Gasteiger partial charge in [0.15, 0.2) is 0 Å². The van der Waals surface area contributed by atoms with E-state index in [1.54, 1.807) is 0 Å². The zero-order valence-corrected chi connectivity index (χ0v) is 114. The molecule has 64 nitrogen and oxygen atoms in total. The Morgan fingerprint density at radius 3 is 0.147 bits per heavy atom. The molecule has 0 aromatic heterocycles. The molecule has 0 atom stereocenters. The maximum atomic E-state index is 8.55. The third-order valence-electron chi connectivity index (χ3n) is 0. The fourth-order valence-electron chi connectivity index (χ4n) is 0. The van der Waals surface area contributed by atoms with Crippen molar-refractivity contribution in [2.75, 3.05) is 0 Å². The zero-order chi connectivity index (χ0) is 72.7. The average molecular weight is 2660 g/mol. The zero-order valence-electron chi connectivity index (χ0n) is 48.2. The normalized spacial score (nSPS) is 7.32. The third-order valence-corrected chi connectivity index (χ3v) is 0. The fourth-order valence-corrected chi connectivity index (χ4v) is 0. The maximum absolute atomic E-state index is 8.55. The van der Waals surface area contributed by atoms with Crippen molar-refractivity contribution in [3.05, 3.63) is 0 Å². The maximum Gasteiger partial charge on any atom is 3.00 e. The van der Waals surface area contributed by atoms with Gasteiger partial charge in [-0.25, -0.2) is 0 Å². The van der Waals surface area contributed by atoms with Gasteiger partial charge >= 0.3 is 600 Å². The summed E-state index contributed by atoms with van der Waals surface area (Å²) in [6, 6.07) is 0. The Labute approximate surface area is 1030 Å². The molecule has 0 radical (unpaired) electrons. The second-order valence-corrected chi connectivity index (χ2v) is 18.8. The fraction of sp³-hybridized carbons (Fsp3) is 0. The smallest absolute Gasteiger partial charge is 0.822 e. The van der Waals surface area contributed by atoms with Crippen molar-refractivity contribution in [1.29, 1.82) is 0 Å². The first kappa shape index (κ1) is 259. The number of hydrogen-bond acceptors (Lipinski definition) is 63. The molecule has 0 aromatic rings. The molecular formula is H2Al5Ca5O64P9Si9Sr5Zn5. The van der Waals surface area contributed by atoms with Crippen LogP contribution in [0.3, 0.4) is 0 Å². The van der Waals surface area contributed by atoms with Crippen LogP contribution in [0.4, 0.5) is 0 Å². The van der Waals surface area contributed by atoms with Crippen LogP contribution in [0.2, 0.25) is 0 Å². The van der Waals surface area contributed by atoms with Crippen molar-refractivity contribution in [2.24, 2.45) is 0 Å². The molecular weight excluding hydrogens is 2660 g/mol. The molecule has 0 aromatic carbocycles. The van der Waals surface area contributed by atoms with Gasteiger partial charge in [-0.05, 0) is 0 Å². The van der Waals surface area contributed by atoms with Gasteiger partial charge in [-0.3, -0.25) is 0 Å². The molecule has 0 aliphatic carbocycles. The van der Waals surface area contributed by atoms with Crippen LogP contribution in [0.15, 0.2) is 0 Å². The quantitative estimate of drug-likeness (QED) is 0.160. The second kappa shape index (κ2) is 168. The molecule has 0 bridgehead atoms. The SMILES string of the molecule is O.O=P([O-])([O-])[O-].O=P([O-])([O-])[O-].O=P([O-])([O-])[O-].O=P([O-])([O-])[O-].O=P([O-])([O-])[O-].O=P([O-])([O-])[O-].O=P([O-])([O-])[O-].O=P([O-])([O-])[O-].O=P([O-])([O-])[O-].O=[Si]([O-])[O-].O=[Si]([O-])[O-].O=[Si]([O-])[O-].O=[Si]([O-])[O-].O=[Si]([O-])[O-].O=[Si]([O-])[O-].O=[Si]([O-])[O-].O=[Si]([O-])[O-].O=[Si]([O-])[O-].[Al+3].[Al+3].[Al+3].[Al+3].[Al+3].[Ca+2].[Ca+2].[Ca+2].[Ca+2].[Ca+2].[Sr+2].[Sr+2].[Sr+2].[Sr+2].[Sr+2].[Zn+2].[Zn+2].[Zn+2].[Zn+2].[Zn+2]. The van der Waals surface area contributed by atoms with Gasteiger partial charge in [0.25, 0.3) is 0 Å². The van der Waals surface area contributed by atoms with Crippen molar-refractivity contribution in [1.82, 2.24) is 0 Å². The molecule has 0 rings (SSSR count). The number of rotatable bonds is 0. The van der Waals surface area contributed by atoms with Gasteiger partial charge in [0, 0.05) is 82.5 Å². The molecule has 0 saturated carbocycles. The van der Waals surface area contributed by atoms with E-state index in [0.717, 1.165) is 0 Å². The summed E-state index contributed by atoms with van der Waals surface area (Å²) in [5.74, 6) is 0. The number of phosphoric acid groups is 9. The molecule has 102 heteroatoms. The molecule has 102 heavy (non-hydrogen) atoms. The standard InChI is InChI=1S/5Al.5Ca.9H3O4P.9O3Si.H2O.5Sr.5Zn/c;;;;;;;;;;9*1-5(2,3)4;9*1-4(2)3;;;;;;;;;;;/h;;;;;;;;;;9*(H3,1,2,3,4);;;;;;;;;;1H2;;;;;;;;;;/q5*+3;5*+2;;;;;;;;;;9*-2;;10*+2/p-27. The van der Waals surface area contributed by atoms with E-state index in [1.807, 2.05) is 0 Å². The number of hydrogen-bond donors (Lipinski definition) is 0. The van der Waals surface area contributed by atoms with E-state index in [4.69, 9.17) is 300 Å². The van der Waals surface area contributed by atoms with Gasteiger partial charge in [0.05, 0.1) is 0 Å². The molecule has 0 spiro atoms. The molecule has 0 aliphatic rings. The Kier molecular flexibility index (Phi) is 427. The van der Waals surface area contributed by atoms with Crippen molar-refractivity contribution in [2.45, 2.75) is 0 Å². The van der Waals surface area contributed by atoms with Crippen LogP contribution in [0.1, 0.15) is 0 Å². The van der Waals surface area contributed by atoms with Gasteiger partial charge in [-0.15, -0.1) is 0 Å². The van der Waals surface area contributed by atoms with E-state index < -0.39 is 153 Å². The van der Waals surface area contributed by atoms with Crippen molar-refractivity contribution >= 4 is 656 Å². The summed E-state index contributed by atoms with van der Waals surface area (Å²) in [4.78, 5) is 384. The van der Waals surface area contributed by atoms with Crippen LogP contribution in [0.25, 0.3) is 0 Å². The molecule has 2 N–H and O–H groups in total. The van der Waals surface area contributed by atoms with E-state index in [0.29, 0.717) is 0 Å². The Morgan fingerprint density at radius 2 is 0.147 bits per heavy atom. The van der Waals surface area contributed by atoms with Crippen LogP contribution >= 0.6 is 70.4 Å². The molecule has 0 saturated heterocycles. The topological polar surface area (TPSA) is 1380 Å². The molecule has 0 unspecified atom stereocenters. The van der Waals surface area contributed by atoms with Gasteiger partial charge in [0.1, 0.15) is 0 Å². The predicted octanol–water partition coefficient (Wildman–Crippen LogP) is -57.9. The van der Waals surface area contributed by atoms with Crippen molar-refractivity contribution < 1.29 is 403 Å². The Bertz CT molecular complexity index is 1550. The average Bonchev–Trinajstić information content (AvgIpc) is 2.85. The molecule has 0 fully saturated rings. The minimum absolute atomic E-state index is 0.